The smallest absolute Gasteiger partial charge is 0.267 e. The van der Waals surface area contributed by atoms with Gasteiger partial charge in [-0.2, -0.15) is 0 Å². The maximum Gasteiger partial charge on any atom is 0.267 e. The Hall–Kier alpha value is -1.75. The molecule has 1 aromatic carbocycles. The number of hydrogen-bond acceptors (Lipinski definition) is 4. The van der Waals surface area contributed by atoms with Crippen LogP contribution in [0.1, 0.15) is 6.92 Å². The number of benzene rings is 1. The molecule has 5 nitrogen and oxygen atoms in total. The summed E-state index contributed by atoms with van der Waals surface area (Å²) in [4.78, 5) is 13.3. The minimum Gasteiger partial charge on any atom is -0.477 e. The molecular formula is C11H14N2O3. The van der Waals surface area contributed by atoms with Crippen LogP contribution in [-0.2, 0) is 4.79 Å². The summed E-state index contributed by atoms with van der Waals surface area (Å²) in [5.74, 6) is 0.357. The largest absolute Gasteiger partial charge is 0.477 e. The van der Waals surface area contributed by atoms with Crippen molar-refractivity contribution in [2.24, 2.45) is 0 Å². The second-order valence-corrected chi connectivity index (χ2v) is 3.67. The van der Waals surface area contributed by atoms with Gasteiger partial charge in [-0.05, 0) is 19.1 Å². The van der Waals surface area contributed by atoms with Crippen molar-refractivity contribution in [1.29, 1.82) is 0 Å². The number of nitrogens with zero attached hydrogens (tertiary/aromatic N) is 1. The van der Waals surface area contributed by atoms with Crippen molar-refractivity contribution in [3.05, 3.63) is 18.2 Å². The zero-order valence-electron chi connectivity index (χ0n) is 9.01. The third-order valence-electron chi connectivity index (χ3n) is 2.55. The van der Waals surface area contributed by atoms with Gasteiger partial charge in [-0.25, -0.2) is 0 Å². The van der Waals surface area contributed by atoms with E-state index in [0.29, 0.717) is 17.1 Å². The Morgan fingerprint density at radius 2 is 2.31 bits per heavy atom. The van der Waals surface area contributed by atoms with Crippen LogP contribution >= 0.6 is 0 Å². The molecule has 1 unspecified atom stereocenters. The number of para-hydroxylation sites is 1. The Morgan fingerprint density at radius 1 is 1.56 bits per heavy atom. The predicted octanol–water partition coefficient (Wildman–Crippen LogP) is 0.375. The fraction of sp³-hybridized carbons (Fsp3) is 0.364. The molecule has 1 aromatic rings. The Morgan fingerprint density at radius 3 is 3.00 bits per heavy atom. The first-order valence-electron chi connectivity index (χ1n) is 5.12. The molecule has 0 bridgehead atoms. The fourth-order valence-corrected chi connectivity index (χ4v) is 1.78. The van der Waals surface area contributed by atoms with Gasteiger partial charge in [0.25, 0.3) is 5.91 Å². The molecule has 86 valence electrons. The number of amides is 1. The quantitative estimate of drug-likeness (QED) is 0.709. The predicted molar refractivity (Wildman–Crippen MR) is 60.4 cm³/mol. The number of rotatable bonds is 2. The van der Waals surface area contributed by atoms with Crippen molar-refractivity contribution in [1.82, 2.24) is 0 Å². The van der Waals surface area contributed by atoms with Gasteiger partial charge in [0.15, 0.2) is 11.9 Å². The number of fused-ring (bicyclic) bond motifs is 1. The molecule has 0 aromatic heterocycles. The minimum atomic E-state index is -0.566. The lowest BCUT2D eigenvalue weighted by Crippen LogP contribution is -2.45. The van der Waals surface area contributed by atoms with E-state index in [4.69, 9.17) is 15.6 Å². The molecule has 2 rings (SSSR count). The van der Waals surface area contributed by atoms with Crippen molar-refractivity contribution in [3.8, 4) is 5.75 Å². The van der Waals surface area contributed by atoms with Crippen molar-refractivity contribution in [2.45, 2.75) is 13.0 Å². The maximum atomic E-state index is 11.8. The van der Waals surface area contributed by atoms with Gasteiger partial charge in [-0.3, -0.25) is 4.79 Å². The first kappa shape index (κ1) is 10.8. The van der Waals surface area contributed by atoms with Crippen LogP contribution in [0.2, 0.25) is 0 Å². The highest BCUT2D eigenvalue weighted by molar-refractivity contribution is 6.01. The number of hydrogen-bond donors (Lipinski definition) is 2. The van der Waals surface area contributed by atoms with Crippen LogP contribution in [-0.4, -0.2) is 30.3 Å². The van der Waals surface area contributed by atoms with Crippen LogP contribution < -0.4 is 15.4 Å². The summed E-state index contributed by atoms with van der Waals surface area (Å²) in [7, 11) is 0. The van der Waals surface area contributed by atoms with Crippen LogP contribution in [0.4, 0.5) is 11.4 Å². The first-order valence-corrected chi connectivity index (χ1v) is 5.12. The lowest BCUT2D eigenvalue weighted by Gasteiger charge is -2.33. The van der Waals surface area contributed by atoms with Crippen LogP contribution in [0.25, 0.3) is 0 Å². The average Bonchev–Trinajstić information content (AvgIpc) is 2.26. The van der Waals surface area contributed by atoms with E-state index in [1.807, 2.05) is 0 Å². The maximum absolute atomic E-state index is 11.8. The van der Waals surface area contributed by atoms with Crippen molar-refractivity contribution < 1.29 is 14.6 Å². The molecule has 3 N–H and O–H groups in total. The zero-order chi connectivity index (χ0) is 11.7. The lowest BCUT2D eigenvalue weighted by molar-refractivity contribution is -0.125. The molecule has 1 amide bonds. The van der Waals surface area contributed by atoms with Crippen LogP contribution in [0.3, 0.4) is 0 Å². The van der Waals surface area contributed by atoms with Gasteiger partial charge in [0.1, 0.15) is 0 Å². The van der Waals surface area contributed by atoms with E-state index >= 15 is 0 Å². The van der Waals surface area contributed by atoms with Gasteiger partial charge in [0.05, 0.1) is 18.0 Å². The molecule has 0 saturated carbocycles. The molecule has 0 radical (unpaired) electrons. The van der Waals surface area contributed by atoms with Crippen molar-refractivity contribution in [2.75, 3.05) is 23.8 Å². The number of nitrogen functional groups attached to an aromatic ring is 1. The van der Waals surface area contributed by atoms with E-state index in [2.05, 4.69) is 0 Å². The van der Waals surface area contributed by atoms with Crippen LogP contribution in [0, 0.1) is 0 Å². The molecule has 16 heavy (non-hydrogen) atoms. The third kappa shape index (κ3) is 1.59. The Balaban J connectivity index is 2.48. The molecule has 0 fully saturated rings. The van der Waals surface area contributed by atoms with Gasteiger partial charge >= 0.3 is 0 Å². The van der Waals surface area contributed by atoms with Gasteiger partial charge in [-0.1, -0.05) is 6.07 Å². The van der Waals surface area contributed by atoms with Gasteiger partial charge in [-0.15, -0.1) is 0 Å². The average molecular weight is 222 g/mol. The van der Waals surface area contributed by atoms with Gasteiger partial charge < -0.3 is 20.5 Å². The molecule has 0 aliphatic carbocycles. The Kier molecular flexibility index (Phi) is 2.70. The standard InChI is InChI=1S/C11H14N2O3/c1-7-11(15)13(5-6-14)9-4-2-3-8(12)10(9)16-7/h2-4,7,14H,5-6,12H2,1H3. The highest BCUT2D eigenvalue weighted by Gasteiger charge is 2.31. The monoisotopic (exact) mass is 222 g/mol. The number of aliphatic hydroxyl groups excluding tert-OH is 1. The van der Waals surface area contributed by atoms with Crippen LogP contribution in [0.15, 0.2) is 18.2 Å². The number of nitrogens with two attached hydrogens (primary N) is 1. The number of carbonyl (C=O) groups excluding carboxylic acids is 1. The summed E-state index contributed by atoms with van der Waals surface area (Å²) in [6, 6.07) is 5.23. The van der Waals surface area contributed by atoms with E-state index in [1.165, 1.54) is 4.90 Å². The summed E-state index contributed by atoms with van der Waals surface area (Å²) in [6.07, 6.45) is -0.566. The summed E-state index contributed by atoms with van der Waals surface area (Å²) in [5, 5.41) is 8.95. The second kappa shape index (κ2) is 4.02. The van der Waals surface area contributed by atoms with E-state index in [-0.39, 0.29) is 19.1 Å². The molecule has 1 aliphatic heterocycles. The molecule has 5 heteroatoms. The number of carbonyl (C=O) groups is 1. The molecule has 0 saturated heterocycles. The molecular weight excluding hydrogens is 208 g/mol. The molecule has 0 spiro atoms. The van der Waals surface area contributed by atoms with Gasteiger partial charge in [0, 0.05) is 6.54 Å². The number of anilines is 2. The normalized spacial score (nSPS) is 19.2. The summed E-state index contributed by atoms with van der Waals surface area (Å²) in [6.45, 7) is 1.83. The zero-order valence-corrected chi connectivity index (χ0v) is 9.01. The molecule has 1 aliphatic rings. The Bertz CT molecular complexity index is 420. The fourth-order valence-electron chi connectivity index (χ4n) is 1.78. The number of ether oxygens (including phenoxy) is 1. The topological polar surface area (TPSA) is 75.8 Å². The summed E-state index contributed by atoms with van der Waals surface area (Å²) >= 11 is 0. The first-order chi connectivity index (χ1) is 7.65. The number of β-amino-alcohol motifs (C(OH)–C–C–N with tert-alkyl or cyclic N) is 1. The van der Waals surface area contributed by atoms with Crippen molar-refractivity contribution >= 4 is 17.3 Å². The SMILES string of the molecule is CC1Oc2c(N)cccc2N(CCO)C1=O. The van der Waals surface area contributed by atoms with Gasteiger partial charge in [0.2, 0.25) is 0 Å². The summed E-state index contributed by atoms with van der Waals surface area (Å²) < 4.78 is 5.45. The van der Waals surface area contributed by atoms with E-state index < -0.39 is 6.10 Å². The van der Waals surface area contributed by atoms with Crippen molar-refractivity contribution in [3.63, 3.8) is 0 Å². The van der Waals surface area contributed by atoms with E-state index in [0.717, 1.165) is 0 Å². The van der Waals surface area contributed by atoms with E-state index in [1.54, 1.807) is 25.1 Å². The number of aliphatic hydroxyl groups is 1. The minimum absolute atomic E-state index is 0.0906. The molecule has 1 heterocycles. The Labute approximate surface area is 93.4 Å². The highest BCUT2D eigenvalue weighted by atomic mass is 16.5. The highest BCUT2D eigenvalue weighted by Crippen LogP contribution is 2.38. The lowest BCUT2D eigenvalue weighted by atomic mass is 10.1. The molecule has 1 atom stereocenters. The van der Waals surface area contributed by atoms with E-state index in [9.17, 15) is 4.79 Å². The van der Waals surface area contributed by atoms with Crippen LogP contribution in [0.5, 0.6) is 5.75 Å². The third-order valence-corrected chi connectivity index (χ3v) is 2.55. The summed E-state index contributed by atoms with van der Waals surface area (Å²) in [5.41, 5.74) is 6.90. The second-order valence-electron chi connectivity index (χ2n) is 3.67.